The van der Waals surface area contributed by atoms with E-state index in [9.17, 15) is 4.79 Å². The van der Waals surface area contributed by atoms with Crippen molar-refractivity contribution in [1.82, 2.24) is 0 Å². The van der Waals surface area contributed by atoms with Crippen LogP contribution in [0, 0.1) is 0 Å². The number of nitrogens with two attached hydrogens (primary N) is 1. The van der Waals surface area contributed by atoms with Crippen molar-refractivity contribution in [1.29, 1.82) is 0 Å². The van der Waals surface area contributed by atoms with Crippen LogP contribution < -0.4 is 10.5 Å². The van der Waals surface area contributed by atoms with Gasteiger partial charge in [0.15, 0.2) is 0 Å². The number of benzene rings is 1. The Morgan fingerprint density at radius 1 is 1.50 bits per heavy atom. The normalized spacial score (nSPS) is 12.0. The third-order valence-corrected chi connectivity index (χ3v) is 3.02. The molecule has 1 atom stereocenters. The molecule has 0 aliphatic rings. The molecule has 1 aromatic rings. The molecule has 5 heteroatoms. The maximum Gasteiger partial charge on any atom is 0.314 e. The zero-order valence-corrected chi connectivity index (χ0v) is 10.8. The van der Waals surface area contributed by atoms with Gasteiger partial charge in [0, 0.05) is 11.0 Å². The van der Waals surface area contributed by atoms with Gasteiger partial charge in [-0.05, 0) is 23.8 Å². The standard InChI is InChI=1S/C11H14BrNO3/c1-15-7-3-4-10(12)8(5-7)9(6-13)11(14)16-2/h3-5,9H,6,13H2,1-2H3. The highest BCUT2D eigenvalue weighted by Gasteiger charge is 2.22. The molecular weight excluding hydrogens is 274 g/mol. The molecule has 88 valence electrons. The lowest BCUT2D eigenvalue weighted by Gasteiger charge is -2.15. The summed E-state index contributed by atoms with van der Waals surface area (Å²) < 4.78 is 10.6. The van der Waals surface area contributed by atoms with Crippen LogP contribution in [-0.2, 0) is 9.53 Å². The van der Waals surface area contributed by atoms with E-state index < -0.39 is 5.92 Å². The zero-order chi connectivity index (χ0) is 12.1. The summed E-state index contributed by atoms with van der Waals surface area (Å²) in [5, 5.41) is 0. The number of methoxy groups -OCH3 is 2. The Morgan fingerprint density at radius 2 is 2.19 bits per heavy atom. The molecule has 0 aromatic heterocycles. The molecule has 0 aliphatic carbocycles. The summed E-state index contributed by atoms with van der Waals surface area (Å²) >= 11 is 3.38. The van der Waals surface area contributed by atoms with Crippen molar-refractivity contribution in [2.45, 2.75) is 5.92 Å². The molecule has 1 aromatic carbocycles. The van der Waals surface area contributed by atoms with Crippen molar-refractivity contribution in [3.05, 3.63) is 28.2 Å². The molecule has 0 bridgehead atoms. The Kier molecular flexibility index (Phi) is 4.76. The van der Waals surface area contributed by atoms with Gasteiger partial charge in [-0.3, -0.25) is 4.79 Å². The fraction of sp³-hybridized carbons (Fsp3) is 0.364. The third-order valence-electron chi connectivity index (χ3n) is 2.30. The minimum Gasteiger partial charge on any atom is -0.497 e. The highest BCUT2D eigenvalue weighted by molar-refractivity contribution is 9.10. The van der Waals surface area contributed by atoms with Crippen LogP contribution in [0.1, 0.15) is 11.5 Å². The van der Waals surface area contributed by atoms with Crippen LogP contribution in [0.3, 0.4) is 0 Å². The first-order valence-electron chi connectivity index (χ1n) is 4.75. The van der Waals surface area contributed by atoms with E-state index in [0.717, 1.165) is 10.0 Å². The Bertz CT molecular complexity index is 381. The summed E-state index contributed by atoms with van der Waals surface area (Å²) in [6.45, 7) is 0.193. The van der Waals surface area contributed by atoms with E-state index in [1.54, 1.807) is 19.2 Å². The first-order valence-corrected chi connectivity index (χ1v) is 5.54. The molecule has 0 spiro atoms. The highest BCUT2D eigenvalue weighted by atomic mass is 79.9. The SMILES string of the molecule is COC(=O)C(CN)c1cc(OC)ccc1Br. The Labute approximate surface area is 103 Å². The molecule has 16 heavy (non-hydrogen) atoms. The van der Waals surface area contributed by atoms with Crippen LogP contribution in [-0.4, -0.2) is 26.7 Å². The zero-order valence-electron chi connectivity index (χ0n) is 9.20. The fourth-order valence-electron chi connectivity index (χ4n) is 1.41. The second-order valence-corrected chi connectivity index (χ2v) is 4.05. The Morgan fingerprint density at radius 3 is 2.69 bits per heavy atom. The van der Waals surface area contributed by atoms with E-state index in [-0.39, 0.29) is 12.5 Å². The van der Waals surface area contributed by atoms with Crippen molar-refractivity contribution >= 4 is 21.9 Å². The van der Waals surface area contributed by atoms with E-state index >= 15 is 0 Å². The Hall–Kier alpha value is -1.07. The number of halogens is 1. The first kappa shape index (κ1) is 13.0. The van der Waals surface area contributed by atoms with Crippen molar-refractivity contribution in [2.75, 3.05) is 20.8 Å². The van der Waals surface area contributed by atoms with Gasteiger partial charge in [-0.25, -0.2) is 0 Å². The largest absolute Gasteiger partial charge is 0.497 e. The van der Waals surface area contributed by atoms with E-state index in [0.29, 0.717) is 5.75 Å². The number of hydrogen-bond acceptors (Lipinski definition) is 4. The summed E-state index contributed by atoms with van der Waals surface area (Å²) in [7, 11) is 2.92. The van der Waals surface area contributed by atoms with E-state index in [2.05, 4.69) is 15.9 Å². The minimum absolute atomic E-state index is 0.193. The van der Waals surface area contributed by atoms with Crippen LogP contribution in [0.4, 0.5) is 0 Å². The number of ether oxygens (including phenoxy) is 2. The van der Waals surface area contributed by atoms with Gasteiger partial charge in [-0.1, -0.05) is 15.9 Å². The second kappa shape index (κ2) is 5.86. The molecular formula is C11H14BrNO3. The summed E-state index contributed by atoms with van der Waals surface area (Å²) in [5.74, 6) is -0.147. The van der Waals surface area contributed by atoms with Gasteiger partial charge in [-0.2, -0.15) is 0 Å². The van der Waals surface area contributed by atoms with E-state index in [1.807, 2.05) is 6.07 Å². The lowest BCUT2D eigenvalue weighted by atomic mass is 9.99. The van der Waals surface area contributed by atoms with Crippen LogP contribution in [0.25, 0.3) is 0 Å². The maximum atomic E-state index is 11.5. The Balaban J connectivity index is 3.12. The average molecular weight is 288 g/mol. The van der Waals surface area contributed by atoms with Crippen molar-refractivity contribution in [3.63, 3.8) is 0 Å². The molecule has 0 heterocycles. The summed E-state index contributed by atoms with van der Waals surface area (Å²) in [4.78, 5) is 11.5. The predicted molar refractivity (Wildman–Crippen MR) is 64.5 cm³/mol. The topological polar surface area (TPSA) is 61.5 Å². The van der Waals surface area contributed by atoms with E-state index in [1.165, 1.54) is 7.11 Å². The summed E-state index contributed by atoms with van der Waals surface area (Å²) in [6.07, 6.45) is 0. The van der Waals surface area contributed by atoms with Crippen LogP contribution in [0.5, 0.6) is 5.75 Å². The molecule has 0 radical (unpaired) electrons. The molecule has 0 saturated carbocycles. The van der Waals surface area contributed by atoms with Gasteiger partial charge >= 0.3 is 5.97 Å². The molecule has 1 rings (SSSR count). The molecule has 0 aliphatic heterocycles. The van der Waals surface area contributed by atoms with Gasteiger partial charge in [-0.15, -0.1) is 0 Å². The minimum atomic E-state index is -0.477. The monoisotopic (exact) mass is 287 g/mol. The highest BCUT2D eigenvalue weighted by Crippen LogP contribution is 2.29. The molecule has 0 amide bonds. The lowest BCUT2D eigenvalue weighted by Crippen LogP contribution is -2.23. The second-order valence-electron chi connectivity index (χ2n) is 3.20. The number of carbonyl (C=O) groups excluding carboxylic acids is 1. The molecule has 0 fully saturated rings. The fourth-order valence-corrected chi connectivity index (χ4v) is 1.93. The van der Waals surface area contributed by atoms with Crippen LogP contribution in [0.15, 0.2) is 22.7 Å². The predicted octanol–water partition coefficient (Wildman–Crippen LogP) is 1.67. The molecule has 4 nitrogen and oxygen atoms in total. The van der Waals surface area contributed by atoms with Crippen molar-refractivity contribution < 1.29 is 14.3 Å². The molecule has 2 N–H and O–H groups in total. The number of rotatable bonds is 4. The van der Waals surface area contributed by atoms with Crippen molar-refractivity contribution in [3.8, 4) is 5.75 Å². The maximum absolute atomic E-state index is 11.5. The average Bonchev–Trinajstić information content (AvgIpc) is 2.32. The van der Waals surface area contributed by atoms with E-state index in [4.69, 9.17) is 15.2 Å². The van der Waals surface area contributed by atoms with Gasteiger partial charge in [0.05, 0.1) is 20.1 Å². The molecule has 0 saturated heterocycles. The molecule has 1 unspecified atom stereocenters. The number of carbonyl (C=O) groups is 1. The van der Waals surface area contributed by atoms with Gasteiger partial charge in [0.25, 0.3) is 0 Å². The smallest absolute Gasteiger partial charge is 0.314 e. The number of hydrogen-bond donors (Lipinski definition) is 1. The lowest BCUT2D eigenvalue weighted by molar-refractivity contribution is -0.142. The van der Waals surface area contributed by atoms with Gasteiger partial charge in [0.2, 0.25) is 0 Å². The van der Waals surface area contributed by atoms with Gasteiger partial charge in [0.1, 0.15) is 5.75 Å². The quantitative estimate of drug-likeness (QED) is 0.856. The van der Waals surface area contributed by atoms with Crippen LogP contribution >= 0.6 is 15.9 Å². The third kappa shape index (κ3) is 2.74. The first-order chi connectivity index (χ1) is 7.63. The summed E-state index contributed by atoms with van der Waals surface area (Å²) in [6, 6.07) is 5.40. The van der Waals surface area contributed by atoms with Gasteiger partial charge < -0.3 is 15.2 Å². The van der Waals surface area contributed by atoms with Crippen molar-refractivity contribution in [2.24, 2.45) is 5.73 Å². The van der Waals surface area contributed by atoms with Crippen LogP contribution in [0.2, 0.25) is 0 Å². The number of esters is 1. The summed E-state index contributed by atoms with van der Waals surface area (Å²) in [5.41, 5.74) is 6.35.